The van der Waals surface area contributed by atoms with Crippen LogP contribution in [0.25, 0.3) is 0 Å². The summed E-state index contributed by atoms with van der Waals surface area (Å²) in [6.45, 7) is 18.4. The molecule has 3 atom stereocenters. The van der Waals surface area contributed by atoms with Crippen molar-refractivity contribution in [2.24, 2.45) is 5.92 Å². The maximum atomic E-state index is 3.64. The Morgan fingerprint density at radius 2 is 1.43 bits per heavy atom. The molecule has 28 heavy (non-hydrogen) atoms. The van der Waals surface area contributed by atoms with Crippen molar-refractivity contribution in [2.75, 3.05) is 0 Å². The minimum absolute atomic E-state index is 0.233. The summed E-state index contributed by atoms with van der Waals surface area (Å²) in [4.78, 5) is 0. The summed E-state index contributed by atoms with van der Waals surface area (Å²) in [6.07, 6.45) is 9.20. The molecule has 0 spiro atoms. The Labute approximate surface area is 172 Å². The second kappa shape index (κ2) is 8.04. The van der Waals surface area contributed by atoms with Crippen LogP contribution in [0, 0.1) is 38.5 Å². The van der Waals surface area contributed by atoms with Gasteiger partial charge in [-0.2, -0.15) is 0 Å². The molecule has 3 unspecified atom stereocenters. The molecular formula is C27H33B. The molecule has 0 amide bonds. The van der Waals surface area contributed by atoms with E-state index in [4.69, 9.17) is 0 Å². The lowest BCUT2D eigenvalue weighted by Gasteiger charge is -2.37. The first-order chi connectivity index (χ1) is 13.2. The van der Waals surface area contributed by atoms with E-state index in [1.165, 1.54) is 44.4 Å². The van der Waals surface area contributed by atoms with Crippen LogP contribution >= 0.6 is 0 Å². The molecule has 0 saturated heterocycles. The summed E-state index contributed by atoms with van der Waals surface area (Å²) in [5.74, 6) is 8.19. The number of hydrogen-bond acceptors (Lipinski definition) is 0. The Hall–Kier alpha value is -2.20. The third kappa shape index (κ3) is 3.98. The molecule has 0 aromatic heterocycles. The van der Waals surface area contributed by atoms with Gasteiger partial charge < -0.3 is 0 Å². The van der Waals surface area contributed by atoms with Gasteiger partial charge in [-0.3, -0.25) is 0 Å². The third-order valence-electron chi connectivity index (χ3n) is 6.38. The molecule has 0 fully saturated rings. The SMILES string of the molecule is CC1=CC#CC(B(c2c(C)cc(C)cc2C)C2C(C)=CC(C)=CC2C)C(C)=C1. The second-order valence-corrected chi connectivity index (χ2v) is 9.07. The molecule has 1 aromatic rings. The van der Waals surface area contributed by atoms with Gasteiger partial charge in [0.15, 0.2) is 0 Å². The molecule has 0 bridgehead atoms. The summed E-state index contributed by atoms with van der Waals surface area (Å²) in [5.41, 5.74) is 11.1. The van der Waals surface area contributed by atoms with Crippen LogP contribution in [-0.4, -0.2) is 6.71 Å². The minimum Gasteiger partial charge on any atom is -0.0985 e. The highest BCUT2D eigenvalue weighted by molar-refractivity contribution is 6.78. The monoisotopic (exact) mass is 368 g/mol. The fourth-order valence-electron chi connectivity index (χ4n) is 5.54. The van der Waals surface area contributed by atoms with E-state index >= 15 is 0 Å². The van der Waals surface area contributed by atoms with Crippen molar-refractivity contribution in [3.05, 3.63) is 75.4 Å². The first kappa shape index (κ1) is 20.5. The highest BCUT2D eigenvalue weighted by Gasteiger charge is 2.40. The Morgan fingerprint density at radius 3 is 2.04 bits per heavy atom. The standard InChI is InChI=1S/C27H33B/c1-17-10-9-11-25(20(4)12-17)28(26-21(5)13-18(2)14-22(26)6)27-23(7)15-19(3)16-24(27)8/h10,12-16,21,25-26H,1-8H3. The Balaban J connectivity index is 2.23. The van der Waals surface area contributed by atoms with Crippen LogP contribution in [0.4, 0.5) is 0 Å². The molecule has 0 heterocycles. The van der Waals surface area contributed by atoms with Crippen LogP contribution in [0.15, 0.2) is 58.7 Å². The second-order valence-electron chi connectivity index (χ2n) is 9.07. The zero-order valence-corrected chi connectivity index (χ0v) is 18.8. The third-order valence-corrected chi connectivity index (χ3v) is 6.38. The number of benzene rings is 1. The molecule has 0 saturated carbocycles. The molecule has 0 N–H and O–H groups in total. The van der Waals surface area contributed by atoms with E-state index in [-0.39, 0.29) is 5.82 Å². The van der Waals surface area contributed by atoms with Crippen LogP contribution in [0.5, 0.6) is 0 Å². The van der Waals surface area contributed by atoms with Gasteiger partial charge in [-0.15, -0.1) is 0 Å². The van der Waals surface area contributed by atoms with E-state index < -0.39 is 0 Å². The molecule has 1 aromatic carbocycles. The molecule has 0 nitrogen and oxygen atoms in total. The molecule has 0 aliphatic heterocycles. The predicted octanol–water partition coefficient (Wildman–Crippen LogP) is 6.51. The first-order valence-corrected chi connectivity index (χ1v) is 10.5. The van der Waals surface area contributed by atoms with E-state index in [0.29, 0.717) is 18.4 Å². The van der Waals surface area contributed by atoms with Gasteiger partial charge in [-0.05, 0) is 71.9 Å². The van der Waals surface area contributed by atoms with E-state index in [9.17, 15) is 0 Å². The summed E-state index contributed by atoms with van der Waals surface area (Å²) in [6, 6.07) is 4.69. The lowest BCUT2D eigenvalue weighted by molar-refractivity contribution is 0.682. The van der Waals surface area contributed by atoms with Gasteiger partial charge in [-0.1, -0.05) is 88.0 Å². The van der Waals surface area contributed by atoms with E-state index in [2.05, 4.69) is 104 Å². The maximum Gasteiger partial charge on any atom is 0.205 e. The smallest absolute Gasteiger partial charge is 0.0985 e. The van der Waals surface area contributed by atoms with Gasteiger partial charge in [0.2, 0.25) is 6.71 Å². The van der Waals surface area contributed by atoms with Gasteiger partial charge in [0.05, 0.1) is 0 Å². The van der Waals surface area contributed by atoms with Crippen LogP contribution in [-0.2, 0) is 0 Å². The minimum atomic E-state index is 0.233. The van der Waals surface area contributed by atoms with Gasteiger partial charge >= 0.3 is 0 Å². The lowest BCUT2D eigenvalue weighted by atomic mass is 9.26. The molecule has 3 rings (SSSR count). The number of allylic oxidation sites excluding steroid dienone is 8. The summed E-state index contributed by atoms with van der Waals surface area (Å²) in [5, 5.41) is 0. The van der Waals surface area contributed by atoms with Crippen LogP contribution in [0.1, 0.15) is 51.3 Å². The quantitative estimate of drug-likeness (QED) is 0.422. The van der Waals surface area contributed by atoms with Crippen molar-refractivity contribution < 1.29 is 0 Å². The van der Waals surface area contributed by atoms with Crippen LogP contribution in [0.2, 0.25) is 11.6 Å². The number of rotatable bonds is 3. The van der Waals surface area contributed by atoms with Crippen LogP contribution < -0.4 is 5.46 Å². The van der Waals surface area contributed by atoms with Crippen molar-refractivity contribution >= 4 is 12.2 Å². The van der Waals surface area contributed by atoms with Crippen molar-refractivity contribution in [3.63, 3.8) is 0 Å². The molecule has 2 aliphatic carbocycles. The number of hydrogen-bond donors (Lipinski definition) is 0. The summed E-state index contributed by atoms with van der Waals surface area (Å²) < 4.78 is 0. The van der Waals surface area contributed by atoms with Crippen molar-refractivity contribution in [2.45, 2.75) is 67.0 Å². The lowest BCUT2D eigenvalue weighted by Crippen LogP contribution is -2.45. The van der Waals surface area contributed by atoms with E-state index in [1.54, 1.807) is 0 Å². The molecule has 1 heteroatoms. The van der Waals surface area contributed by atoms with Gasteiger partial charge in [0.25, 0.3) is 0 Å². The zero-order chi connectivity index (χ0) is 20.6. The highest BCUT2D eigenvalue weighted by Crippen LogP contribution is 2.42. The first-order valence-electron chi connectivity index (χ1n) is 10.5. The average molecular weight is 368 g/mol. The average Bonchev–Trinajstić information content (AvgIpc) is 2.71. The normalized spacial score (nSPS) is 24.2. The topological polar surface area (TPSA) is 0 Å². The number of aryl methyl sites for hydroxylation is 3. The zero-order valence-electron chi connectivity index (χ0n) is 18.8. The maximum absolute atomic E-state index is 3.64. The van der Waals surface area contributed by atoms with Crippen molar-refractivity contribution in [1.82, 2.24) is 0 Å². The fraction of sp³-hybridized carbons (Fsp3) is 0.407. The van der Waals surface area contributed by atoms with Gasteiger partial charge in [-0.25, -0.2) is 0 Å². The van der Waals surface area contributed by atoms with Crippen molar-refractivity contribution in [3.8, 4) is 11.8 Å². The van der Waals surface area contributed by atoms with E-state index in [0.717, 1.165) is 0 Å². The predicted molar refractivity (Wildman–Crippen MR) is 126 cm³/mol. The van der Waals surface area contributed by atoms with Gasteiger partial charge in [0.1, 0.15) is 0 Å². The highest BCUT2D eigenvalue weighted by atomic mass is 14.3. The molecule has 144 valence electrons. The Bertz CT molecular complexity index is 948. The molecule has 0 radical (unpaired) electrons. The Morgan fingerprint density at radius 1 is 0.821 bits per heavy atom. The summed E-state index contributed by atoms with van der Waals surface area (Å²) in [7, 11) is 0. The van der Waals surface area contributed by atoms with Crippen LogP contribution in [0.3, 0.4) is 0 Å². The fourth-order valence-corrected chi connectivity index (χ4v) is 5.54. The molecular weight excluding hydrogens is 335 g/mol. The molecule has 2 aliphatic rings. The summed E-state index contributed by atoms with van der Waals surface area (Å²) >= 11 is 0. The van der Waals surface area contributed by atoms with Crippen molar-refractivity contribution in [1.29, 1.82) is 0 Å². The van der Waals surface area contributed by atoms with Gasteiger partial charge in [0, 0.05) is 5.82 Å². The Kier molecular flexibility index (Phi) is 5.90. The van der Waals surface area contributed by atoms with E-state index in [1.807, 2.05) is 0 Å². The largest absolute Gasteiger partial charge is 0.205 e.